The van der Waals surface area contributed by atoms with Gasteiger partial charge in [0.2, 0.25) is 0 Å². The highest BCUT2D eigenvalue weighted by Gasteiger charge is 2.15. The molecule has 0 aliphatic carbocycles. The number of benzene rings is 1. The first-order valence-corrected chi connectivity index (χ1v) is 7.90. The Morgan fingerprint density at radius 3 is 2.42 bits per heavy atom. The molecule has 0 saturated heterocycles. The number of halogens is 1. The third-order valence-corrected chi connectivity index (χ3v) is 4.20. The summed E-state index contributed by atoms with van der Waals surface area (Å²) in [5.74, 6) is 1.05. The van der Waals surface area contributed by atoms with Gasteiger partial charge in [0.1, 0.15) is 23.1 Å². The summed E-state index contributed by atoms with van der Waals surface area (Å²) in [7, 11) is 3.01. The van der Waals surface area contributed by atoms with Gasteiger partial charge < -0.3 is 9.47 Å². The molecule has 0 amide bonds. The molecule has 0 atom stereocenters. The Morgan fingerprint density at radius 1 is 1.21 bits per heavy atom. The summed E-state index contributed by atoms with van der Waals surface area (Å²) in [4.78, 5) is 24.8. The largest absolute Gasteiger partial charge is 0.496 e. The van der Waals surface area contributed by atoms with Crippen LogP contribution in [0.5, 0.6) is 11.5 Å². The van der Waals surface area contributed by atoms with Gasteiger partial charge in [-0.2, -0.15) is 5.26 Å². The molecule has 1 heterocycles. The first-order valence-electron chi connectivity index (χ1n) is 7.11. The normalized spacial score (nSPS) is 10.3. The zero-order valence-corrected chi connectivity index (χ0v) is 15.1. The van der Waals surface area contributed by atoms with Crippen molar-refractivity contribution in [3.05, 3.63) is 54.8 Å². The Bertz CT molecular complexity index is 925. The molecular weight excluding hydrogens is 378 g/mol. The fourth-order valence-corrected chi connectivity index (χ4v) is 2.80. The molecule has 0 aliphatic rings. The molecule has 0 fully saturated rings. The number of nitrogens with zero attached hydrogens (tertiary/aromatic N) is 3. The molecule has 126 valence electrons. The molecule has 0 N–H and O–H groups in total. The number of nitriles is 1. The number of aryl methyl sites for hydroxylation is 1. The van der Waals surface area contributed by atoms with Gasteiger partial charge in [-0.1, -0.05) is 0 Å². The van der Waals surface area contributed by atoms with Crippen molar-refractivity contribution in [2.24, 2.45) is 0 Å². The smallest absolute Gasteiger partial charge is 0.331 e. The topological polar surface area (TPSA) is 86.2 Å². The van der Waals surface area contributed by atoms with E-state index < -0.39 is 11.2 Å². The maximum atomic E-state index is 12.4. The fraction of sp³-hybridized carbons (Fsp3) is 0.312. The lowest BCUT2D eigenvalue weighted by molar-refractivity contribution is 0.394. The second-order valence-corrected chi connectivity index (χ2v) is 5.77. The van der Waals surface area contributed by atoms with Crippen molar-refractivity contribution in [2.45, 2.75) is 20.0 Å². The maximum absolute atomic E-state index is 12.4. The molecule has 7 nitrogen and oxygen atoms in total. The van der Waals surface area contributed by atoms with E-state index in [1.807, 2.05) is 6.07 Å². The van der Waals surface area contributed by atoms with Gasteiger partial charge in [0.05, 0.1) is 25.2 Å². The summed E-state index contributed by atoms with van der Waals surface area (Å²) in [5.41, 5.74) is -0.601. The number of ether oxygens (including phenoxy) is 2. The second-order valence-electron chi connectivity index (χ2n) is 4.91. The van der Waals surface area contributed by atoms with Crippen LogP contribution in [-0.2, 0) is 13.1 Å². The number of aromatic nitrogens is 2. The Morgan fingerprint density at radius 2 is 1.88 bits per heavy atom. The average molecular weight is 394 g/mol. The van der Waals surface area contributed by atoms with Crippen LogP contribution in [0.15, 0.2) is 32.4 Å². The Balaban J connectivity index is 2.67. The fourth-order valence-electron chi connectivity index (χ4n) is 2.31. The minimum Gasteiger partial charge on any atom is -0.496 e. The third-order valence-electron chi connectivity index (χ3n) is 3.58. The molecule has 8 heteroatoms. The molecule has 0 bridgehead atoms. The van der Waals surface area contributed by atoms with Crippen LogP contribution in [0.3, 0.4) is 0 Å². The molecule has 0 radical (unpaired) electrons. The van der Waals surface area contributed by atoms with Crippen LogP contribution in [0.2, 0.25) is 0 Å². The molecule has 0 saturated carbocycles. The van der Waals surface area contributed by atoms with Crippen LogP contribution in [-0.4, -0.2) is 23.4 Å². The van der Waals surface area contributed by atoms with E-state index in [1.54, 1.807) is 19.1 Å². The predicted molar refractivity (Wildman–Crippen MR) is 91.7 cm³/mol. The zero-order valence-electron chi connectivity index (χ0n) is 13.5. The summed E-state index contributed by atoms with van der Waals surface area (Å²) in [6.45, 7) is 2.09. The van der Waals surface area contributed by atoms with Gasteiger partial charge >= 0.3 is 5.69 Å². The highest BCUT2D eigenvalue weighted by atomic mass is 79.9. The zero-order chi connectivity index (χ0) is 17.9. The molecule has 1 aromatic carbocycles. The van der Waals surface area contributed by atoms with Gasteiger partial charge in [-0.3, -0.25) is 13.9 Å². The van der Waals surface area contributed by atoms with E-state index in [2.05, 4.69) is 15.9 Å². The molecule has 2 aromatic rings. The SMILES string of the molecule is CCn1cc(C#N)c(=O)n(Cc2cc(OC)c(Br)cc2OC)c1=O. The first kappa shape index (κ1) is 17.8. The predicted octanol–water partition coefficient (Wildman–Crippen LogP) is 1.73. The standard InChI is InChI=1S/C16H16BrN3O4/c1-4-19-8-11(7-18)15(21)20(16(19)22)9-10-5-14(24-3)12(17)6-13(10)23-2/h5-6,8H,4,9H2,1-3H3. The molecule has 2 rings (SSSR count). The second kappa shape index (κ2) is 7.36. The third kappa shape index (κ3) is 3.21. The molecule has 0 spiro atoms. The van der Waals surface area contributed by atoms with Gasteiger partial charge in [-0.15, -0.1) is 0 Å². The summed E-state index contributed by atoms with van der Waals surface area (Å²) in [5, 5.41) is 9.11. The molecule has 1 aromatic heterocycles. The quantitative estimate of drug-likeness (QED) is 0.771. The van der Waals surface area contributed by atoms with E-state index in [1.165, 1.54) is 25.0 Å². The van der Waals surface area contributed by atoms with Crippen LogP contribution in [0.25, 0.3) is 0 Å². The van der Waals surface area contributed by atoms with Crippen molar-refractivity contribution in [3.63, 3.8) is 0 Å². The monoisotopic (exact) mass is 393 g/mol. The average Bonchev–Trinajstić information content (AvgIpc) is 2.59. The van der Waals surface area contributed by atoms with Crippen molar-refractivity contribution < 1.29 is 9.47 Å². The number of rotatable bonds is 5. The van der Waals surface area contributed by atoms with Gasteiger partial charge in [0.25, 0.3) is 5.56 Å². The molecular formula is C16H16BrN3O4. The highest BCUT2D eigenvalue weighted by Crippen LogP contribution is 2.32. The maximum Gasteiger partial charge on any atom is 0.331 e. The minimum absolute atomic E-state index is 0.0278. The van der Waals surface area contributed by atoms with Crippen LogP contribution >= 0.6 is 15.9 Å². The lowest BCUT2D eigenvalue weighted by Gasteiger charge is -2.14. The van der Waals surface area contributed by atoms with Gasteiger partial charge in [-0.25, -0.2) is 4.79 Å². The van der Waals surface area contributed by atoms with Crippen LogP contribution < -0.4 is 20.7 Å². The van der Waals surface area contributed by atoms with E-state index >= 15 is 0 Å². The summed E-state index contributed by atoms with van der Waals surface area (Å²) < 4.78 is 13.6. The number of hydrogen-bond donors (Lipinski definition) is 0. The van der Waals surface area contributed by atoms with Gasteiger partial charge in [0, 0.05) is 18.3 Å². The van der Waals surface area contributed by atoms with Crippen LogP contribution in [0, 0.1) is 11.3 Å². The summed E-state index contributed by atoms with van der Waals surface area (Å²) in [6.07, 6.45) is 1.28. The van der Waals surface area contributed by atoms with Gasteiger partial charge in [-0.05, 0) is 35.0 Å². The van der Waals surface area contributed by atoms with Crippen molar-refractivity contribution >= 4 is 15.9 Å². The van der Waals surface area contributed by atoms with E-state index in [4.69, 9.17) is 14.7 Å². The van der Waals surface area contributed by atoms with Crippen LogP contribution in [0.4, 0.5) is 0 Å². The Kier molecular flexibility index (Phi) is 5.46. The van der Waals surface area contributed by atoms with Crippen molar-refractivity contribution in [1.29, 1.82) is 5.26 Å². The van der Waals surface area contributed by atoms with Gasteiger partial charge in [0.15, 0.2) is 0 Å². The van der Waals surface area contributed by atoms with E-state index in [9.17, 15) is 9.59 Å². The molecule has 0 aliphatic heterocycles. The lowest BCUT2D eigenvalue weighted by Crippen LogP contribution is -2.41. The Labute approximate surface area is 146 Å². The van der Waals surface area contributed by atoms with E-state index in [-0.39, 0.29) is 12.1 Å². The number of methoxy groups -OCH3 is 2. The van der Waals surface area contributed by atoms with E-state index in [0.717, 1.165) is 4.57 Å². The Hall–Kier alpha value is -2.53. The van der Waals surface area contributed by atoms with Crippen molar-refractivity contribution in [1.82, 2.24) is 9.13 Å². The van der Waals surface area contributed by atoms with Crippen molar-refractivity contribution in [2.75, 3.05) is 14.2 Å². The summed E-state index contributed by atoms with van der Waals surface area (Å²) >= 11 is 3.36. The van der Waals surface area contributed by atoms with E-state index in [0.29, 0.717) is 28.1 Å². The molecule has 24 heavy (non-hydrogen) atoms. The minimum atomic E-state index is -0.629. The highest BCUT2D eigenvalue weighted by molar-refractivity contribution is 9.10. The molecule has 0 unspecified atom stereocenters. The number of hydrogen-bond acceptors (Lipinski definition) is 5. The first-order chi connectivity index (χ1) is 11.5. The summed E-state index contributed by atoms with van der Waals surface area (Å²) in [6, 6.07) is 5.21. The van der Waals surface area contributed by atoms with Crippen LogP contribution in [0.1, 0.15) is 18.1 Å². The lowest BCUT2D eigenvalue weighted by atomic mass is 10.2. The van der Waals surface area contributed by atoms with Crippen molar-refractivity contribution in [3.8, 4) is 17.6 Å².